The van der Waals surface area contributed by atoms with Crippen LogP contribution in [-0.4, -0.2) is 25.7 Å². The fourth-order valence-corrected chi connectivity index (χ4v) is 2.41. The van der Waals surface area contributed by atoms with Crippen molar-refractivity contribution in [3.63, 3.8) is 0 Å². The van der Waals surface area contributed by atoms with Gasteiger partial charge in [-0.2, -0.15) is 0 Å². The zero-order valence-corrected chi connectivity index (χ0v) is 14.5. The summed E-state index contributed by atoms with van der Waals surface area (Å²) in [6, 6.07) is 14.9. The Kier molecular flexibility index (Phi) is 6.51. The summed E-state index contributed by atoms with van der Waals surface area (Å²) in [4.78, 5) is 11.9. The lowest BCUT2D eigenvalue weighted by molar-refractivity contribution is 0.0947. The minimum Gasteiger partial charge on any atom is -0.494 e. The Bertz CT molecular complexity index is 614. The second kappa shape index (κ2) is 8.63. The van der Waals surface area contributed by atoms with Crippen molar-refractivity contribution in [2.45, 2.75) is 6.92 Å². The minimum atomic E-state index is -0.0891. The van der Waals surface area contributed by atoms with Crippen LogP contribution in [0.15, 0.2) is 48.5 Å². The standard InChI is InChI=1S/C17H18INO3/c1-2-21-15-6-8-16(9-7-15)22-11-10-19-17(20)13-4-3-5-14(18)12-13/h3-9,12H,2,10-11H2,1H3,(H,19,20). The number of ether oxygens (including phenoxy) is 2. The molecule has 0 unspecified atom stereocenters. The fraction of sp³-hybridized carbons (Fsp3) is 0.235. The normalized spacial score (nSPS) is 10.1. The summed E-state index contributed by atoms with van der Waals surface area (Å²) in [5.41, 5.74) is 0.660. The number of nitrogens with one attached hydrogen (secondary N) is 1. The van der Waals surface area contributed by atoms with E-state index in [1.807, 2.05) is 49.4 Å². The van der Waals surface area contributed by atoms with Gasteiger partial charge in [0.25, 0.3) is 5.91 Å². The number of benzene rings is 2. The molecule has 2 aromatic rings. The highest BCUT2D eigenvalue weighted by molar-refractivity contribution is 14.1. The van der Waals surface area contributed by atoms with Crippen LogP contribution >= 0.6 is 22.6 Å². The molecule has 0 radical (unpaired) electrons. The van der Waals surface area contributed by atoms with Crippen molar-refractivity contribution >= 4 is 28.5 Å². The SMILES string of the molecule is CCOc1ccc(OCCNC(=O)c2cccc(I)c2)cc1. The fourth-order valence-electron chi connectivity index (χ4n) is 1.86. The van der Waals surface area contributed by atoms with Crippen LogP contribution < -0.4 is 14.8 Å². The van der Waals surface area contributed by atoms with Crippen molar-refractivity contribution in [3.05, 3.63) is 57.7 Å². The lowest BCUT2D eigenvalue weighted by Gasteiger charge is -2.09. The molecular formula is C17H18INO3. The van der Waals surface area contributed by atoms with Crippen LogP contribution in [0.1, 0.15) is 17.3 Å². The smallest absolute Gasteiger partial charge is 0.251 e. The monoisotopic (exact) mass is 411 g/mol. The summed E-state index contributed by atoms with van der Waals surface area (Å²) >= 11 is 2.19. The second-order valence-corrected chi connectivity index (χ2v) is 5.76. The van der Waals surface area contributed by atoms with E-state index in [1.54, 1.807) is 6.07 Å². The van der Waals surface area contributed by atoms with Gasteiger partial charge in [0.05, 0.1) is 13.2 Å². The second-order valence-electron chi connectivity index (χ2n) is 4.52. The van der Waals surface area contributed by atoms with Gasteiger partial charge >= 0.3 is 0 Å². The Balaban J connectivity index is 1.73. The van der Waals surface area contributed by atoms with Crippen LogP contribution in [0.2, 0.25) is 0 Å². The molecule has 2 rings (SSSR count). The summed E-state index contributed by atoms with van der Waals surface area (Å²) in [7, 11) is 0. The molecule has 1 amide bonds. The molecular weight excluding hydrogens is 393 g/mol. The number of rotatable bonds is 7. The van der Waals surface area contributed by atoms with E-state index in [0.29, 0.717) is 25.3 Å². The number of carbonyl (C=O) groups is 1. The topological polar surface area (TPSA) is 47.6 Å². The van der Waals surface area contributed by atoms with Crippen LogP contribution in [0.3, 0.4) is 0 Å². The Morgan fingerprint density at radius 2 is 1.77 bits per heavy atom. The summed E-state index contributed by atoms with van der Waals surface area (Å²) < 4.78 is 12.0. The van der Waals surface area contributed by atoms with Crippen molar-refractivity contribution in [1.82, 2.24) is 5.32 Å². The van der Waals surface area contributed by atoms with Gasteiger partial charge in [-0.05, 0) is 72.0 Å². The molecule has 5 heteroatoms. The Morgan fingerprint density at radius 3 is 2.41 bits per heavy atom. The van der Waals surface area contributed by atoms with Crippen molar-refractivity contribution in [2.24, 2.45) is 0 Å². The number of hydrogen-bond donors (Lipinski definition) is 1. The number of hydrogen-bond acceptors (Lipinski definition) is 3. The van der Waals surface area contributed by atoms with E-state index in [1.165, 1.54) is 0 Å². The van der Waals surface area contributed by atoms with Gasteiger partial charge in [0.2, 0.25) is 0 Å². The van der Waals surface area contributed by atoms with Crippen LogP contribution in [0.5, 0.6) is 11.5 Å². The largest absolute Gasteiger partial charge is 0.494 e. The van der Waals surface area contributed by atoms with Gasteiger partial charge in [0, 0.05) is 9.13 Å². The van der Waals surface area contributed by atoms with Gasteiger partial charge in [0.15, 0.2) is 0 Å². The van der Waals surface area contributed by atoms with E-state index in [0.717, 1.165) is 15.1 Å². The first-order valence-corrected chi connectivity index (χ1v) is 8.16. The Morgan fingerprint density at radius 1 is 1.09 bits per heavy atom. The third-order valence-electron chi connectivity index (χ3n) is 2.88. The van der Waals surface area contributed by atoms with Crippen molar-refractivity contribution in [2.75, 3.05) is 19.8 Å². The first kappa shape index (κ1) is 16.6. The quantitative estimate of drug-likeness (QED) is 0.561. The van der Waals surface area contributed by atoms with Gasteiger partial charge < -0.3 is 14.8 Å². The Labute approximate surface area is 144 Å². The molecule has 1 N–H and O–H groups in total. The molecule has 22 heavy (non-hydrogen) atoms. The molecule has 4 nitrogen and oxygen atoms in total. The van der Waals surface area contributed by atoms with Crippen LogP contribution in [0, 0.1) is 3.57 Å². The molecule has 116 valence electrons. The van der Waals surface area contributed by atoms with E-state index in [9.17, 15) is 4.79 Å². The first-order valence-electron chi connectivity index (χ1n) is 7.08. The molecule has 0 saturated carbocycles. The van der Waals surface area contributed by atoms with E-state index in [2.05, 4.69) is 27.9 Å². The highest BCUT2D eigenvalue weighted by Crippen LogP contribution is 2.17. The van der Waals surface area contributed by atoms with Gasteiger partial charge in [-0.15, -0.1) is 0 Å². The molecule has 0 bridgehead atoms. The van der Waals surface area contributed by atoms with E-state index in [4.69, 9.17) is 9.47 Å². The predicted molar refractivity (Wildman–Crippen MR) is 94.6 cm³/mol. The van der Waals surface area contributed by atoms with Crippen LogP contribution in [0.25, 0.3) is 0 Å². The average molecular weight is 411 g/mol. The molecule has 0 aromatic heterocycles. The zero-order chi connectivity index (χ0) is 15.8. The zero-order valence-electron chi connectivity index (χ0n) is 12.3. The molecule has 0 heterocycles. The average Bonchev–Trinajstić information content (AvgIpc) is 2.53. The highest BCUT2D eigenvalue weighted by atomic mass is 127. The molecule has 0 spiro atoms. The molecule has 0 fully saturated rings. The van der Waals surface area contributed by atoms with Crippen molar-refractivity contribution in [3.8, 4) is 11.5 Å². The van der Waals surface area contributed by atoms with Crippen molar-refractivity contribution < 1.29 is 14.3 Å². The first-order chi connectivity index (χ1) is 10.7. The summed E-state index contributed by atoms with van der Waals surface area (Å²) in [5.74, 6) is 1.49. The lowest BCUT2D eigenvalue weighted by atomic mass is 10.2. The van der Waals surface area contributed by atoms with Gasteiger partial charge in [0.1, 0.15) is 18.1 Å². The molecule has 0 atom stereocenters. The molecule has 2 aromatic carbocycles. The third kappa shape index (κ3) is 5.22. The summed E-state index contributed by atoms with van der Waals surface area (Å²) in [6.45, 7) is 3.46. The maximum absolute atomic E-state index is 11.9. The molecule has 0 aliphatic heterocycles. The maximum atomic E-state index is 11.9. The van der Waals surface area contributed by atoms with Gasteiger partial charge in [-0.25, -0.2) is 0 Å². The van der Waals surface area contributed by atoms with Gasteiger partial charge in [-0.1, -0.05) is 6.07 Å². The number of amides is 1. The van der Waals surface area contributed by atoms with E-state index in [-0.39, 0.29) is 5.91 Å². The molecule has 0 saturated heterocycles. The number of halogens is 1. The lowest BCUT2D eigenvalue weighted by Crippen LogP contribution is -2.28. The van der Waals surface area contributed by atoms with E-state index < -0.39 is 0 Å². The third-order valence-corrected chi connectivity index (χ3v) is 3.55. The summed E-state index contributed by atoms with van der Waals surface area (Å²) in [6.07, 6.45) is 0. The van der Waals surface area contributed by atoms with Crippen molar-refractivity contribution in [1.29, 1.82) is 0 Å². The van der Waals surface area contributed by atoms with Crippen LogP contribution in [-0.2, 0) is 0 Å². The molecule has 0 aliphatic rings. The summed E-state index contributed by atoms with van der Waals surface area (Å²) in [5, 5.41) is 2.84. The highest BCUT2D eigenvalue weighted by Gasteiger charge is 2.04. The Hall–Kier alpha value is -1.76. The number of carbonyl (C=O) groups excluding carboxylic acids is 1. The predicted octanol–water partition coefficient (Wildman–Crippen LogP) is 3.50. The van der Waals surface area contributed by atoms with Gasteiger partial charge in [-0.3, -0.25) is 4.79 Å². The van der Waals surface area contributed by atoms with E-state index >= 15 is 0 Å². The van der Waals surface area contributed by atoms with Crippen LogP contribution in [0.4, 0.5) is 0 Å². The maximum Gasteiger partial charge on any atom is 0.251 e. The minimum absolute atomic E-state index is 0.0891. The molecule has 0 aliphatic carbocycles.